The van der Waals surface area contributed by atoms with E-state index in [9.17, 15) is 9.59 Å². The van der Waals surface area contributed by atoms with Crippen molar-refractivity contribution >= 4 is 11.9 Å². The fourth-order valence-corrected chi connectivity index (χ4v) is 2.76. The number of aromatic nitrogens is 1. The van der Waals surface area contributed by atoms with Crippen molar-refractivity contribution in [3.63, 3.8) is 0 Å². The fraction of sp³-hybridized carbons (Fsp3) is 0.643. The highest BCUT2D eigenvalue weighted by molar-refractivity contribution is 5.94. The van der Waals surface area contributed by atoms with Gasteiger partial charge in [-0.3, -0.25) is 4.79 Å². The largest absolute Gasteiger partial charge is 0.475 e. The first-order valence-corrected chi connectivity index (χ1v) is 7.00. The van der Waals surface area contributed by atoms with Crippen LogP contribution in [-0.2, 0) is 0 Å². The molecule has 2 rings (SSSR count). The van der Waals surface area contributed by atoms with Gasteiger partial charge in [0.1, 0.15) is 0 Å². The van der Waals surface area contributed by atoms with E-state index in [2.05, 4.69) is 16.6 Å². The molecule has 1 N–H and O–H groups in total. The monoisotopic (exact) mass is 280 g/mol. The molecule has 1 saturated carbocycles. The summed E-state index contributed by atoms with van der Waals surface area (Å²) in [5.41, 5.74) is 0.0579. The maximum absolute atomic E-state index is 12.2. The predicted octanol–water partition coefficient (Wildman–Crippen LogP) is 2.41. The Bertz CT molecular complexity index is 489. The van der Waals surface area contributed by atoms with Gasteiger partial charge in [0.2, 0.25) is 5.76 Å². The van der Waals surface area contributed by atoms with Gasteiger partial charge in [0.15, 0.2) is 5.69 Å². The quantitative estimate of drug-likeness (QED) is 0.915. The summed E-state index contributed by atoms with van der Waals surface area (Å²) in [7, 11) is 1.74. The Morgan fingerprint density at radius 2 is 2.05 bits per heavy atom. The number of hydrogen-bond donors (Lipinski definition) is 1. The summed E-state index contributed by atoms with van der Waals surface area (Å²) in [6.07, 6.45) is 5.44. The first kappa shape index (κ1) is 14.6. The number of carbonyl (C=O) groups excluding carboxylic acids is 1. The molecule has 0 atom stereocenters. The normalized spacial score (nSPS) is 22.5. The summed E-state index contributed by atoms with van der Waals surface area (Å²) < 4.78 is 4.62. The summed E-state index contributed by atoms with van der Waals surface area (Å²) in [4.78, 5) is 24.6. The van der Waals surface area contributed by atoms with Crippen LogP contribution in [0.3, 0.4) is 0 Å². The molecule has 0 aromatic carbocycles. The molecular formula is C14H20N2O4. The van der Waals surface area contributed by atoms with Gasteiger partial charge in [0.25, 0.3) is 5.91 Å². The second-order valence-corrected chi connectivity index (χ2v) is 5.38. The van der Waals surface area contributed by atoms with Gasteiger partial charge in [0.05, 0.1) is 0 Å². The molecule has 1 fully saturated rings. The van der Waals surface area contributed by atoms with E-state index in [1.807, 2.05) is 0 Å². The number of nitrogens with zero attached hydrogens (tertiary/aromatic N) is 2. The van der Waals surface area contributed by atoms with Crippen LogP contribution in [0.4, 0.5) is 0 Å². The van der Waals surface area contributed by atoms with E-state index >= 15 is 0 Å². The molecule has 0 spiro atoms. The van der Waals surface area contributed by atoms with E-state index in [0.29, 0.717) is 0 Å². The first-order chi connectivity index (χ1) is 9.52. The Labute approximate surface area is 117 Å². The molecule has 1 heterocycles. The summed E-state index contributed by atoms with van der Waals surface area (Å²) in [5, 5.41) is 12.3. The SMILES string of the molecule is CCC1CCC(N(C)C(=O)c2cc(C(=O)O)on2)CC1. The third kappa shape index (κ3) is 3.00. The van der Waals surface area contributed by atoms with Crippen molar-refractivity contribution in [2.24, 2.45) is 5.92 Å². The van der Waals surface area contributed by atoms with Gasteiger partial charge in [0, 0.05) is 19.2 Å². The van der Waals surface area contributed by atoms with Crippen LogP contribution < -0.4 is 0 Å². The Balaban J connectivity index is 1.99. The highest BCUT2D eigenvalue weighted by atomic mass is 16.5. The molecule has 0 saturated heterocycles. The highest BCUT2D eigenvalue weighted by Gasteiger charge is 2.28. The van der Waals surface area contributed by atoms with E-state index in [1.165, 1.54) is 12.5 Å². The van der Waals surface area contributed by atoms with Crippen LogP contribution in [0.1, 0.15) is 60.1 Å². The van der Waals surface area contributed by atoms with Gasteiger partial charge in [-0.2, -0.15) is 0 Å². The van der Waals surface area contributed by atoms with E-state index in [4.69, 9.17) is 5.11 Å². The molecule has 0 radical (unpaired) electrons. The zero-order valence-electron chi connectivity index (χ0n) is 11.8. The van der Waals surface area contributed by atoms with Gasteiger partial charge in [-0.25, -0.2) is 4.79 Å². The number of carboxylic acid groups (broad SMARTS) is 1. The minimum atomic E-state index is -1.22. The maximum atomic E-state index is 12.2. The van der Waals surface area contributed by atoms with Crippen molar-refractivity contribution < 1.29 is 19.2 Å². The summed E-state index contributed by atoms with van der Waals surface area (Å²) in [6.45, 7) is 2.20. The molecule has 6 heteroatoms. The van der Waals surface area contributed by atoms with Crippen molar-refractivity contribution in [1.82, 2.24) is 10.1 Å². The van der Waals surface area contributed by atoms with E-state index in [-0.39, 0.29) is 23.4 Å². The second-order valence-electron chi connectivity index (χ2n) is 5.38. The second kappa shape index (κ2) is 6.07. The predicted molar refractivity (Wildman–Crippen MR) is 71.6 cm³/mol. The van der Waals surface area contributed by atoms with Crippen molar-refractivity contribution in [3.05, 3.63) is 17.5 Å². The van der Waals surface area contributed by atoms with Gasteiger partial charge >= 0.3 is 5.97 Å². The van der Waals surface area contributed by atoms with Crippen molar-refractivity contribution in [2.45, 2.75) is 45.1 Å². The Kier molecular flexibility index (Phi) is 4.42. The molecule has 6 nitrogen and oxygen atoms in total. The van der Waals surface area contributed by atoms with Gasteiger partial charge in [-0.15, -0.1) is 0 Å². The number of aromatic carboxylic acids is 1. The number of carboxylic acids is 1. The molecule has 110 valence electrons. The van der Waals surface area contributed by atoms with Crippen LogP contribution in [0, 0.1) is 5.92 Å². The lowest BCUT2D eigenvalue weighted by Crippen LogP contribution is -2.39. The molecular weight excluding hydrogens is 260 g/mol. The lowest BCUT2D eigenvalue weighted by Gasteiger charge is -2.34. The minimum absolute atomic E-state index is 0.0579. The Morgan fingerprint density at radius 1 is 1.40 bits per heavy atom. The van der Waals surface area contributed by atoms with Crippen molar-refractivity contribution in [3.8, 4) is 0 Å². The van der Waals surface area contributed by atoms with E-state index in [1.54, 1.807) is 11.9 Å². The number of hydrogen-bond acceptors (Lipinski definition) is 4. The topological polar surface area (TPSA) is 83.6 Å². The summed E-state index contributed by atoms with van der Waals surface area (Å²) in [6, 6.07) is 1.38. The zero-order chi connectivity index (χ0) is 14.7. The Hall–Kier alpha value is -1.85. The van der Waals surface area contributed by atoms with Crippen LogP contribution in [0.25, 0.3) is 0 Å². The standard InChI is InChI=1S/C14H20N2O4/c1-3-9-4-6-10(7-5-9)16(2)13(17)11-8-12(14(18)19)20-15-11/h8-10H,3-7H2,1-2H3,(H,18,19). The van der Waals surface area contributed by atoms with Crippen LogP contribution >= 0.6 is 0 Å². The van der Waals surface area contributed by atoms with Gasteiger partial charge in [-0.1, -0.05) is 18.5 Å². The lowest BCUT2D eigenvalue weighted by molar-refractivity contribution is 0.0639. The van der Waals surface area contributed by atoms with Crippen molar-refractivity contribution in [1.29, 1.82) is 0 Å². The zero-order valence-corrected chi connectivity index (χ0v) is 11.8. The van der Waals surface area contributed by atoms with E-state index in [0.717, 1.165) is 31.6 Å². The smallest absolute Gasteiger partial charge is 0.374 e. The molecule has 1 aromatic rings. The van der Waals surface area contributed by atoms with Crippen LogP contribution in [0.2, 0.25) is 0 Å². The van der Waals surface area contributed by atoms with Crippen LogP contribution in [0.5, 0.6) is 0 Å². The average molecular weight is 280 g/mol. The number of rotatable bonds is 4. The Morgan fingerprint density at radius 3 is 2.55 bits per heavy atom. The van der Waals surface area contributed by atoms with Gasteiger partial charge < -0.3 is 14.5 Å². The minimum Gasteiger partial charge on any atom is -0.475 e. The first-order valence-electron chi connectivity index (χ1n) is 7.00. The van der Waals surface area contributed by atoms with Crippen molar-refractivity contribution in [2.75, 3.05) is 7.05 Å². The summed E-state index contributed by atoms with van der Waals surface area (Å²) >= 11 is 0. The molecule has 0 unspecified atom stereocenters. The van der Waals surface area contributed by atoms with Gasteiger partial charge in [-0.05, 0) is 31.6 Å². The molecule has 1 aliphatic rings. The molecule has 0 bridgehead atoms. The number of amides is 1. The average Bonchev–Trinajstić information content (AvgIpc) is 2.96. The maximum Gasteiger partial charge on any atom is 0.374 e. The van der Waals surface area contributed by atoms with Crippen LogP contribution in [0.15, 0.2) is 10.6 Å². The number of carbonyl (C=O) groups is 2. The van der Waals surface area contributed by atoms with E-state index < -0.39 is 5.97 Å². The third-order valence-corrected chi connectivity index (χ3v) is 4.20. The summed E-state index contributed by atoms with van der Waals surface area (Å²) in [5.74, 6) is -1.04. The third-order valence-electron chi connectivity index (χ3n) is 4.20. The molecule has 0 aliphatic heterocycles. The molecule has 1 amide bonds. The fourth-order valence-electron chi connectivity index (χ4n) is 2.76. The molecule has 1 aromatic heterocycles. The lowest BCUT2D eigenvalue weighted by atomic mass is 9.84. The van der Waals surface area contributed by atoms with Crippen LogP contribution in [-0.4, -0.2) is 40.1 Å². The molecule has 20 heavy (non-hydrogen) atoms. The molecule has 1 aliphatic carbocycles. The highest BCUT2D eigenvalue weighted by Crippen LogP contribution is 2.29.